The molecule has 200 valence electrons. The summed E-state index contributed by atoms with van der Waals surface area (Å²) in [6.45, 7) is 9.16. The van der Waals surface area contributed by atoms with E-state index in [0.29, 0.717) is 18.3 Å². The number of rotatable bonds is 10. The number of para-hydroxylation sites is 1. The molecule has 0 atom stereocenters. The Hall–Kier alpha value is -4.33. The van der Waals surface area contributed by atoms with E-state index in [0.717, 1.165) is 59.4 Å². The Labute approximate surface area is 228 Å². The fourth-order valence-corrected chi connectivity index (χ4v) is 5.11. The highest BCUT2D eigenvalue weighted by Gasteiger charge is 2.19. The van der Waals surface area contributed by atoms with Crippen LogP contribution < -0.4 is 5.69 Å². The van der Waals surface area contributed by atoms with Crippen LogP contribution in [-0.2, 0) is 19.4 Å². The molecule has 5 rings (SSSR count). The minimum atomic E-state index is -0.00423. The molecular weight excluding hydrogens is 486 g/mol. The zero-order chi connectivity index (χ0) is 27.4. The first-order valence-electron chi connectivity index (χ1n) is 13.7. The van der Waals surface area contributed by atoms with Crippen molar-refractivity contribution in [1.29, 1.82) is 0 Å². The SMILES string of the molecule is CCCCc1cn(-c2c(CC)cccc2C(C)C)c(=O)n1Cc1ccc(-c2ccccc2-c2nn[nH]n2)nc1. The first-order chi connectivity index (χ1) is 19.0. The van der Waals surface area contributed by atoms with Crippen LogP contribution in [0.4, 0.5) is 0 Å². The van der Waals surface area contributed by atoms with Gasteiger partial charge in [0.2, 0.25) is 5.82 Å². The molecule has 0 spiro atoms. The standard InChI is InChI=1S/C31H35N7O/c1-5-7-12-24-20-38(29-23(6-2)11-10-15-25(29)21(3)4)31(39)37(24)19-22-16-17-28(32-18-22)26-13-8-9-14-27(26)30-33-35-36-34-30/h8-11,13-18,20-21H,5-7,12,19H2,1-4H3,(H,33,34,35,36). The minimum absolute atomic E-state index is 0.00423. The molecule has 0 radical (unpaired) electrons. The predicted molar refractivity (Wildman–Crippen MR) is 154 cm³/mol. The third kappa shape index (κ3) is 5.32. The highest BCUT2D eigenvalue weighted by molar-refractivity contribution is 5.78. The van der Waals surface area contributed by atoms with Crippen molar-refractivity contribution >= 4 is 0 Å². The van der Waals surface area contributed by atoms with Crippen LogP contribution in [0.3, 0.4) is 0 Å². The van der Waals surface area contributed by atoms with E-state index in [-0.39, 0.29) is 5.69 Å². The molecule has 0 saturated carbocycles. The number of hydrogen-bond donors (Lipinski definition) is 1. The molecule has 8 nitrogen and oxygen atoms in total. The molecular formula is C31H35N7O. The molecule has 0 aliphatic rings. The van der Waals surface area contributed by atoms with Crippen LogP contribution in [0.25, 0.3) is 28.3 Å². The van der Waals surface area contributed by atoms with Gasteiger partial charge < -0.3 is 0 Å². The molecule has 3 aromatic heterocycles. The minimum Gasteiger partial charge on any atom is -0.292 e. The lowest BCUT2D eigenvalue weighted by atomic mass is 9.96. The van der Waals surface area contributed by atoms with E-state index < -0.39 is 0 Å². The molecule has 0 fully saturated rings. The van der Waals surface area contributed by atoms with Gasteiger partial charge in [0.1, 0.15) is 0 Å². The summed E-state index contributed by atoms with van der Waals surface area (Å²) in [4.78, 5) is 18.7. The molecule has 0 bridgehead atoms. The maximum Gasteiger partial charge on any atom is 0.333 e. The van der Waals surface area contributed by atoms with Crippen molar-refractivity contribution in [2.24, 2.45) is 0 Å². The predicted octanol–water partition coefficient (Wildman–Crippen LogP) is 5.96. The van der Waals surface area contributed by atoms with Gasteiger partial charge >= 0.3 is 5.69 Å². The Kier molecular flexibility index (Phi) is 7.81. The Bertz CT molecular complexity index is 1600. The van der Waals surface area contributed by atoms with Gasteiger partial charge in [-0.25, -0.2) is 4.79 Å². The average molecular weight is 522 g/mol. The molecule has 5 aromatic rings. The van der Waals surface area contributed by atoms with Gasteiger partial charge in [0.05, 0.1) is 17.9 Å². The monoisotopic (exact) mass is 521 g/mol. The first kappa shape index (κ1) is 26.3. The molecule has 0 unspecified atom stereocenters. The molecule has 3 heterocycles. The second-order valence-corrected chi connectivity index (χ2v) is 10.2. The number of pyridine rings is 1. The van der Waals surface area contributed by atoms with Gasteiger partial charge in [-0.2, -0.15) is 5.21 Å². The number of aromatic amines is 1. The largest absolute Gasteiger partial charge is 0.333 e. The van der Waals surface area contributed by atoms with E-state index in [4.69, 9.17) is 4.98 Å². The first-order valence-corrected chi connectivity index (χ1v) is 13.7. The van der Waals surface area contributed by atoms with Crippen molar-refractivity contribution in [3.8, 4) is 28.3 Å². The van der Waals surface area contributed by atoms with Crippen LogP contribution in [0.1, 0.15) is 68.8 Å². The smallest absolute Gasteiger partial charge is 0.292 e. The summed E-state index contributed by atoms with van der Waals surface area (Å²) in [7, 11) is 0. The highest BCUT2D eigenvalue weighted by atomic mass is 16.1. The van der Waals surface area contributed by atoms with Gasteiger partial charge in [0.15, 0.2) is 0 Å². The molecule has 0 amide bonds. The van der Waals surface area contributed by atoms with Gasteiger partial charge in [-0.1, -0.05) is 82.6 Å². The van der Waals surface area contributed by atoms with Crippen molar-refractivity contribution in [1.82, 2.24) is 34.7 Å². The Morgan fingerprint density at radius 2 is 1.79 bits per heavy atom. The maximum atomic E-state index is 13.9. The van der Waals surface area contributed by atoms with Crippen molar-refractivity contribution in [2.75, 3.05) is 0 Å². The lowest BCUT2D eigenvalue weighted by Crippen LogP contribution is -2.26. The van der Waals surface area contributed by atoms with Gasteiger partial charge in [-0.3, -0.25) is 14.1 Å². The molecule has 1 N–H and O–H groups in total. The van der Waals surface area contributed by atoms with Crippen molar-refractivity contribution in [3.63, 3.8) is 0 Å². The van der Waals surface area contributed by atoms with E-state index in [1.54, 1.807) is 0 Å². The number of unbranched alkanes of at least 4 members (excludes halogenated alkanes) is 1. The van der Waals surface area contributed by atoms with Crippen LogP contribution in [0.5, 0.6) is 0 Å². The van der Waals surface area contributed by atoms with Crippen LogP contribution >= 0.6 is 0 Å². The molecule has 8 heteroatoms. The molecule has 0 saturated heterocycles. The van der Waals surface area contributed by atoms with Gasteiger partial charge in [0, 0.05) is 29.2 Å². The summed E-state index contributed by atoms with van der Waals surface area (Å²) in [5, 5.41) is 14.5. The lowest BCUT2D eigenvalue weighted by Gasteiger charge is -2.16. The topological polar surface area (TPSA) is 94.3 Å². The van der Waals surface area contributed by atoms with E-state index in [9.17, 15) is 4.79 Å². The molecule has 39 heavy (non-hydrogen) atoms. The van der Waals surface area contributed by atoms with Crippen molar-refractivity contribution in [2.45, 2.75) is 65.8 Å². The number of benzene rings is 2. The number of tetrazole rings is 1. The Morgan fingerprint density at radius 3 is 2.46 bits per heavy atom. The van der Waals surface area contributed by atoms with Crippen LogP contribution in [0.15, 0.2) is 71.8 Å². The second kappa shape index (κ2) is 11.6. The number of imidazole rings is 1. The second-order valence-electron chi connectivity index (χ2n) is 10.2. The number of aromatic nitrogens is 7. The third-order valence-corrected chi connectivity index (χ3v) is 7.20. The van der Waals surface area contributed by atoms with Crippen LogP contribution in [-0.4, -0.2) is 34.7 Å². The number of nitrogens with one attached hydrogen (secondary N) is 1. The summed E-state index contributed by atoms with van der Waals surface area (Å²) >= 11 is 0. The molecule has 0 aliphatic carbocycles. The normalized spacial score (nSPS) is 11.4. The van der Waals surface area contributed by atoms with E-state index in [1.807, 2.05) is 51.7 Å². The van der Waals surface area contributed by atoms with E-state index >= 15 is 0 Å². The van der Waals surface area contributed by atoms with Gasteiger partial charge in [-0.05, 0) is 53.2 Å². The summed E-state index contributed by atoms with van der Waals surface area (Å²) in [5.41, 5.74) is 8.03. The van der Waals surface area contributed by atoms with Gasteiger partial charge in [0.25, 0.3) is 0 Å². The van der Waals surface area contributed by atoms with Crippen molar-refractivity contribution < 1.29 is 0 Å². The van der Waals surface area contributed by atoms with E-state index in [2.05, 4.69) is 72.7 Å². The van der Waals surface area contributed by atoms with Crippen LogP contribution in [0.2, 0.25) is 0 Å². The number of nitrogens with zero attached hydrogens (tertiary/aromatic N) is 6. The fraction of sp³-hybridized carbons (Fsp3) is 0.323. The summed E-state index contributed by atoms with van der Waals surface area (Å²) in [6, 6.07) is 18.3. The Balaban J connectivity index is 1.52. The quantitative estimate of drug-likeness (QED) is 0.245. The van der Waals surface area contributed by atoms with Gasteiger partial charge in [-0.15, -0.1) is 10.2 Å². The van der Waals surface area contributed by atoms with Crippen molar-refractivity contribution in [3.05, 3.63) is 99.9 Å². The van der Waals surface area contributed by atoms with Crippen LogP contribution in [0, 0.1) is 0 Å². The van der Waals surface area contributed by atoms with E-state index in [1.165, 1.54) is 11.1 Å². The summed E-state index contributed by atoms with van der Waals surface area (Å²) in [6.07, 6.45) is 7.73. The Morgan fingerprint density at radius 1 is 0.974 bits per heavy atom. The lowest BCUT2D eigenvalue weighted by molar-refractivity contribution is 0.671. The number of hydrogen-bond acceptors (Lipinski definition) is 5. The number of H-pyrrole nitrogens is 1. The maximum absolute atomic E-state index is 13.9. The zero-order valence-electron chi connectivity index (χ0n) is 23.1. The highest BCUT2D eigenvalue weighted by Crippen LogP contribution is 2.29. The summed E-state index contributed by atoms with van der Waals surface area (Å²) < 4.78 is 3.79. The zero-order valence-corrected chi connectivity index (χ0v) is 23.1. The average Bonchev–Trinajstić information content (AvgIpc) is 3.61. The summed E-state index contributed by atoms with van der Waals surface area (Å²) in [5.74, 6) is 0.839. The third-order valence-electron chi connectivity index (χ3n) is 7.20. The fourth-order valence-electron chi connectivity index (χ4n) is 5.11. The molecule has 0 aliphatic heterocycles. The number of aryl methyl sites for hydroxylation is 2. The molecule has 2 aromatic carbocycles.